The first-order valence-corrected chi connectivity index (χ1v) is 8.37. The third-order valence-corrected chi connectivity index (χ3v) is 3.56. The number of esters is 1. The summed E-state index contributed by atoms with van der Waals surface area (Å²) < 4.78 is 9.79. The Morgan fingerprint density at radius 3 is 1.88 bits per heavy atom. The first-order valence-electron chi connectivity index (χ1n) is 8.37. The summed E-state index contributed by atoms with van der Waals surface area (Å²) in [6, 6.07) is 15.6. The normalized spacial score (nSPS) is 10.2. The molecule has 132 valence electrons. The van der Waals surface area contributed by atoms with E-state index in [2.05, 4.69) is 5.32 Å². The third kappa shape index (κ3) is 6.30. The lowest BCUT2D eigenvalue weighted by Gasteiger charge is -2.07. The number of carbonyl (C=O) groups excluding carboxylic acids is 2. The van der Waals surface area contributed by atoms with Crippen molar-refractivity contribution in [2.75, 3.05) is 18.5 Å². The highest BCUT2D eigenvalue weighted by Gasteiger charge is 2.05. The van der Waals surface area contributed by atoms with Gasteiger partial charge in [-0.05, 0) is 49.1 Å². The molecule has 0 aliphatic carbocycles. The Morgan fingerprint density at radius 2 is 1.32 bits per heavy atom. The molecule has 0 heterocycles. The third-order valence-electron chi connectivity index (χ3n) is 3.56. The number of rotatable bonds is 7. The topological polar surface area (TPSA) is 64.6 Å². The number of carbonyl (C=O) groups is 2. The maximum Gasteiger partial charge on any atom is 0.411 e. The minimum Gasteiger partial charge on any atom is -0.466 e. The summed E-state index contributed by atoms with van der Waals surface area (Å²) in [4.78, 5) is 22.8. The highest BCUT2D eigenvalue weighted by Crippen LogP contribution is 2.15. The Bertz CT molecular complexity index is 631. The minimum atomic E-state index is -0.451. The zero-order valence-corrected chi connectivity index (χ0v) is 14.6. The number of benzene rings is 2. The van der Waals surface area contributed by atoms with Crippen LogP contribution in [0.3, 0.4) is 0 Å². The van der Waals surface area contributed by atoms with Crippen molar-refractivity contribution in [3.8, 4) is 0 Å². The number of amides is 1. The van der Waals surface area contributed by atoms with Crippen LogP contribution in [0.5, 0.6) is 0 Å². The largest absolute Gasteiger partial charge is 0.466 e. The van der Waals surface area contributed by atoms with E-state index in [-0.39, 0.29) is 5.97 Å². The van der Waals surface area contributed by atoms with Gasteiger partial charge in [0.25, 0.3) is 0 Å². The molecule has 0 saturated carbocycles. The van der Waals surface area contributed by atoms with E-state index in [9.17, 15) is 9.59 Å². The van der Waals surface area contributed by atoms with Gasteiger partial charge in [-0.25, -0.2) is 4.79 Å². The molecule has 0 aliphatic heterocycles. The molecule has 0 spiro atoms. The van der Waals surface area contributed by atoms with E-state index in [0.717, 1.165) is 23.1 Å². The van der Waals surface area contributed by atoms with Crippen molar-refractivity contribution in [2.24, 2.45) is 0 Å². The first-order chi connectivity index (χ1) is 12.1. The summed E-state index contributed by atoms with van der Waals surface area (Å²) in [5.74, 6) is -0.208. The summed E-state index contributed by atoms with van der Waals surface area (Å²) in [6.45, 7) is 4.31. The van der Waals surface area contributed by atoms with Gasteiger partial charge in [0.1, 0.15) is 0 Å². The van der Waals surface area contributed by atoms with Crippen molar-refractivity contribution < 1.29 is 19.1 Å². The van der Waals surface area contributed by atoms with Crippen molar-refractivity contribution in [2.45, 2.75) is 26.7 Å². The molecule has 0 fully saturated rings. The van der Waals surface area contributed by atoms with Crippen LogP contribution in [0.4, 0.5) is 10.5 Å². The Morgan fingerprint density at radius 1 is 0.800 bits per heavy atom. The van der Waals surface area contributed by atoms with Gasteiger partial charge in [-0.3, -0.25) is 10.1 Å². The lowest BCUT2D eigenvalue weighted by molar-refractivity contribution is -0.142. The van der Waals surface area contributed by atoms with Crippen molar-refractivity contribution >= 4 is 17.7 Å². The molecule has 0 bridgehead atoms. The van der Waals surface area contributed by atoms with Crippen molar-refractivity contribution in [1.82, 2.24) is 0 Å². The summed E-state index contributed by atoms with van der Waals surface area (Å²) in [6.07, 6.45) is 0.620. The lowest BCUT2D eigenvalue weighted by Crippen LogP contribution is -2.13. The van der Waals surface area contributed by atoms with Crippen LogP contribution in [-0.4, -0.2) is 25.3 Å². The van der Waals surface area contributed by atoms with Gasteiger partial charge in [0, 0.05) is 5.69 Å². The van der Waals surface area contributed by atoms with Crippen LogP contribution in [0.2, 0.25) is 0 Å². The molecule has 0 radical (unpaired) electrons. The summed E-state index contributed by atoms with van der Waals surface area (Å²) in [5.41, 5.74) is 3.93. The van der Waals surface area contributed by atoms with E-state index in [4.69, 9.17) is 9.47 Å². The number of ether oxygens (including phenoxy) is 2. The van der Waals surface area contributed by atoms with Crippen molar-refractivity contribution in [3.05, 3.63) is 65.2 Å². The van der Waals surface area contributed by atoms with E-state index < -0.39 is 6.09 Å². The maximum absolute atomic E-state index is 11.5. The van der Waals surface area contributed by atoms with Crippen LogP contribution in [0.15, 0.2) is 48.5 Å². The number of anilines is 1. The molecule has 0 aromatic heterocycles. The fraction of sp³-hybridized carbons (Fsp3) is 0.300. The molecular weight excluding hydrogens is 318 g/mol. The van der Waals surface area contributed by atoms with E-state index in [1.54, 1.807) is 13.8 Å². The fourth-order valence-electron chi connectivity index (χ4n) is 2.38. The van der Waals surface area contributed by atoms with Gasteiger partial charge in [0.05, 0.1) is 19.6 Å². The van der Waals surface area contributed by atoms with E-state index in [0.29, 0.717) is 25.3 Å². The second-order valence-corrected chi connectivity index (χ2v) is 5.52. The van der Waals surface area contributed by atoms with Gasteiger partial charge in [-0.2, -0.15) is 0 Å². The zero-order chi connectivity index (χ0) is 18.1. The standard InChI is InChI=1S/C20H23NO4/c1-3-24-19(22)14-17-7-5-15(6-8-17)13-16-9-11-18(12-10-16)21-20(23)25-4-2/h5-12H,3-4,13-14H2,1-2H3,(H,21,23). The molecule has 5 nitrogen and oxygen atoms in total. The van der Waals surface area contributed by atoms with E-state index in [1.807, 2.05) is 48.5 Å². The quantitative estimate of drug-likeness (QED) is 0.775. The summed E-state index contributed by atoms with van der Waals surface area (Å²) >= 11 is 0. The first kappa shape index (κ1) is 18.5. The molecule has 25 heavy (non-hydrogen) atoms. The van der Waals surface area contributed by atoms with Crippen LogP contribution in [0.25, 0.3) is 0 Å². The summed E-state index contributed by atoms with van der Waals surface area (Å²) in [5, 5.41) is 2.66. The van der Waals surface area contributed by atoms with Crippen LogP contribution >= 0.6 is 0 Å². The molecule has 2 rings (SSSR count). The van der Waals surface area contributed by atoms with Crippen LogP contribution in [-0.2, 0) is 27.1 Å². The monoisotopic (exact) mass is 341 g/mol. The van der Waals surface area contributed by atoms with Gasteiger partial charge in [0.15, 0.2) is 0 Å². The predicted octanol–water partition coefficient (Wildman–Crippen LogP) is 3.95. The number of nitrogens with one attached hydrogen (secondary N) is 1. The van der Waals surface area contributed by atoms with Gasteiger partial charge in [0.2, 0.25) is 0 Å². The Hall–Kier alpha value is -2.82. The van der Waals surface area contributed by atoms with Gasteiger partial charge in [-0.15, -0.1) is 0 Å². The molecule has 5 heteroatoms. The van der Waals surface area contributed by atoms with Crippen LogP contribution in [0, 0.1) is 0 Å². The van der Waals surface area contributed by atoms with Crippen LogP contribution in [0.1, 0.15) is 30.5 Å². The summed E-state index contributed by atoms with van der Waals surface area (Å²) in [7, 11) is 0. The molecule has 0 unspecified atom stereocenters. The molecule has 2 aromatic carbocycles. The molecule has 0 saturated heterocycles. The Labute approximate surface area is 148 Å². The Balaban J connectivity index is 1.91. The molecule has 2 aromatic rings. The predicted molar refractivity (Wildman–Crippen MR) is 96.7 cm³/mol. The Kier molecular flexibility index (Phi) is 7.01. The fourth-order valence-corrected chi connectivity index (χ4v) is 2.38. The van der Waals surface area contributed by atoms with Gasteiger partial charge >= 0.3 is 12.1 Å². The molecule has 0 aliphatic rings. The van der Waals surface area contributed by atoms with E-state index >= 15 is 0 Å². The minimum absolute atomic E-state index is 0.208. The smallest absolute Gasteiger partial charge is 0.411 e. The van der Waals surface area contributed by atoms with Gasteiger partial charge in [-0.1, -0.05) is 36.4 Å². The second-order valence-electron chi connectivity index (χ2n) is 5.52. The average molecular weight is 341 g/mol. The highest BCUT2D eigenvalue weighted by molar-refractivity contribution is 5.84. The maximum atomic E-state index is 11.5. The lowest BCUT2D eigenvalue weighted by atomic mass is 10.0. The molecular formula is C20H23NO4. The SMILES string of the molecule is CCOC(=O)Cc1ccc(Cc2ccc(NC(=O)OCC)cc2)cc1. The number of hydrogen-bond acceptors (Lipinski definition) is 4. The second kappa shape index (κ2) is 9.47. The van der Waals surface area contributed by atoms with Gasteiger partial charge < -0.3 is 9.47 Å². The molecule has 1 amide bonds. The van der Waals surface area contributed by atoms with E-state index in [1.165, 1.54) is 0 Å². The average Bonchev–Trinajstić information content (AvgIpc) is 2.59. The van der Waals surface area contributed by atoms with Crippen LogP contribution < -0.4 is 5.32 Å². The number of hydrogen-bond donors (Lipinski definition) is 1. The van der Waals surface area contributed by atoms with Crippen molar-refractivity contribution in [1.29, 1.82) is 0 Å². The van der Waals surface area contributed by atoms with Crippen molar-refractivity contribution in [3.63, 3.8) is 0 Å². The molecule has 1 N–H and O–H groups in total. The molecule has 0 atom stereocenters. The highest BCUT2D eigenvalue weighted by atomic mass is 16.5. The zero-order valence-electron chi connectivity index (χ0n) is 14.6.